The largest absolute Gasteiger partial charge is 0.447 e. The van der Waals surface area contributed by atoms with Gasteiger partial charge in [-0.05, 0) is 26.0 Å². The van der Waals surface area contributed by atoms with Crippen molar-refractivity contribution < 1.29 is 9.53 Å². The predicted octanol–water partition coefficient (Wildman–Crippen LogP) is 1.74. The van der Waals surface area contributed by atoms with Crippen molar-refractivity contribution in [2.45, 2.75) is 19.9 Å². The number of amides is 1. The molecule has 1 aliphatic rings. The van der Waals surface area contributed by atoms with Crippen LogP contribution in [-0.2, 0) is 4.74 Å². The molecule has 1 aliphatic heterocycles. The summed E-state index contributed by atoms with van der Waals surface area (Å²) in [7, 11) is 0. The number of anilines is 1. The summed E-state index contributed by atoms with van der Waals surface area (Å²) in [5, 5.41) is 0. The van der Waals surface area contributed by atoms with Crippen molar-refractivity contribution in [2.75, 3.05) is 11.5 Å². The van der Waals surface area contributed by atoms with Gasteiger partial charge in [0.25, 0.3) is 0 Å². The van der Waals surface area contributed by atoms with Gasteiger partial charge in [0.1, 0.15) is 6.61 Å². The standard InChI is InChI=1S/C10H12N2O2/c1-7-6-14-10(13)12(7)9-4-3-5-11-8(9)2/h3-5,7H,6H2,1-2H3. The number of carbonyl (C=O) groups is 1. The van der Waals surface area contributed by atoms with Crippen molar-refractivity contribution >= 4 is 11.8 Å². The molecule has 14 heavy (non-hydrogen) atoms. The number of ether oxygens (including phenoxy) is 1. The fourth-order valence-electron chi connectivity index (χ4n) is 1.58. The minimum Gasteiger partial charge on any atom is -0.447 e. The number of carbonyl (C=O) groups excluding carboxylic acids is 1. The first kappa shape index (κ1) is 8.99. The van der Waals surface area contributed by atoms with Crippen molar-refractivity contribution in [3.05, 3.63) is 24.0 Å². The highest BCUT2D eigenvalue weighted by Gasteiger charge is 2.31. The Balaban J connectivity index is 2.39. The molecule has 1 atom stereocenters. The molecule has 0 N–H and O–H groups in total. The smallest absolute Gasteiger partial charge is 0.414 e. The number of aryl methyl sites for hydroxylation is 1. The van der Waals surface area contributed by atoms with Crippen LogP contribution in [0.4, 0.5) is 10.5 Å². The van der Waals surface area contributed by atoms with E-state index in [0.717, 1.165) is 11.4 Å². The van der Waals surface area contributed by atoms with Gasteiger partial charge >= 0.3 is 6.09 Å². The molecule has 74 valence electrons. The summed E-state index contributed by atoms with van der Waals surface area (Å²) < 4.78 is 4.95. The van der Waals surface area contributed by atoms with Gasteiger partial charge in [-0.25, -0.2) is 4.79 Å². The van der Waals surface area contributed by atoms with E-state index in [4.69, 9.17) is 4.74 Å². The van der Waals surface area contributed by atoms with E-state index in [0.29, 0.717) is 6.61 Å². The Labute approximate surface area is 82.5 Å². The van der Waals surface area contributed by atoms with Crippen LogP contribution in [0.3, 0.4) is 0 Å². The molecule has 2 rings (SSSR count). The maximum atomic E-state index is 11.4. The van der Waals surface area contributed by atoms with Crippen molar-refractivity contribution in [1.29, 1.82) is 0 Å². The van der Waals surface area contributed by atoms with E-state index in [-0.39, 0.29) is 12.1 Å². The summed E-state index contributed by atoms with van der Waals surface area (Å²) in [6.07, 6.45) is 1.43. The second-order valence-electron chi connectivity index (χ2n) is 3.40. The molecular formula is C10H12N2O2. The molecule has 1 saturated heterocycles. The molecular weight excluding hydrogens is 180 g/mol. The first-order valence-electron chi connectivity index (χ1n) is 4.58. The topological polar surface area (TPSA) is 42.4 Å². The van der Waals surface area contributed by atoms with Crippen molar-refractivity contribution in [3.8, 4) is 0 Å². The zero-order valence-electron chi connectivity index (χ0n) is 8.23. The van der Waals surface area contributed by atoms with Gasteiger partial charge in [0.05, 0.1) is 17.4 Å². The Bertz CT molecular complexity index is 365. The lowest BCUT2D eigenvalue weighted by molar-refractivity contribution is 0.179. The summed E-state index contributed by atoms with van der Waals surface area (Å²) in [6.45, 7) is 4.29. The lowest BCUT2D eigenvalue weighted by atomic mass is 10.2. The molecule has 1 aromatic heterocycles. The number of hydrogen-bond donors (Lipinski definition) is 0. The minimum atomic E-state index is -0.284. The lowest BCUT2D eigenvalue weighted by Gasteiger charge is -2.19. The second-order valence-corrected chi connectivity index (χ2v) is 3.40. The zero-order chi connectivity index (χ0) is 10.1. The maximum absolute atomic E-state index is 11.4. The van der Waals surface area contributed by atoms with Gasteiger partial charge in [0.15, 0.2) is 0 Å². The molecule has 2 heterocycles. The van der Waals surface area contributed by atoms with E-state index in [1.54, 1.807) is 11.1 Å². The lowest BCUT2D eigenvalue weighted by Crippen LogP contribution is -2.31. The molecule has 0 bridgehead atoms. The average Bonchev–Trinajstić information content (AvgIpc) is 2.48. The second kappa shape index (κ2) is 3.29. The van der Waals surface area contributed by atoms with E-state index >= 15 is 0 Å². The van der Waals surface area contributed by atoms with Crippen LogP contribution < -0.4 is 4.90 Å². The van der Waals surface area contributed by atoms with Crippen LogP contribution >= 0.6 is 0 Å². The van der Waals surface area contributed by atoms with Gasteiger partial charge < -0.3 is 4.74 Å². The zero-order valence-corrected chi connectivity index (χ0v) is 8.23. The average molecular weight is 192 g/mol. The van der Waals surface area contributed by atoms with E-state index in [9.17, 15) is 4.79 Å². The molecule has 1 amide bonds. The minimum absolute atomic E-state index is 0.0883. The summed E-state index contributed by atoms with van der Waals surface area (Å²) in [5.41, 5.74) is 1.68. The Morgan fingerprint density at radius 1 is 1.64 bits per heavy atom. The van der Waals surface area contributed by atoms with Gasteiger partial charge in [-0.15, -0.1) is 0 Å². The summed E-state index contributed by atoms with van der Waals surface area (Å²) in [6, 6.07) is 3.79. The van der Waals surface area contributed by atoms with Gasteiger partial charge in [-0.3, -0.25) is 9.88 Å². The fourth-order valence-corrected chi connectivity index (χ4v) is 1.58. The maximum Gasteiger partial charge on any atom is 0.414 e. The fraction of sp³-hybridized carbons (Fsp3) is 0.400. The monoisotopic (exact) mass is 192 g/mol. The Hall–Kier alpha value is -1.58. The van der Waals surface area contributed by atoms with Gasteiger partial charge in [-0.2, -0.15) is 0 Å². The van der Waals surface area contributed by atoms with E-state index in [2.05, 4.69) is 4.98 Å². The number of aromatic nitrogens is 1. The van der Waals surface area contributed by atoms with E-state index in [1.165, 1.54) is 0 Å². The number of rotatable bonds is 1. The molecule has 0 saturated carbocycles. The van der Waals surface area contributed by atoms with Crippen LogP contribution in [-0.4, -0.2) is 23.7 Å². The molecule has 4 nitrogen and oxygen atoms in total. The van der Waals surface area contributed by atoms with Gasteiger partial charge in [0.2, 0.25) is 0 Å². The normalized spacial score (nSPS) is 21.1. The SMILES string of the molecule is Cc1ncccc1N1C(=O)OCC1C. The highest BCUT2D eigenvalue weighted by molar-refractivity contribution is 5.90. The molecule has 0 aromatic carbocycles. The summed E-state index contributed by atoms with van der Waals surface area (Å²) in [5.74, 6) is 0. The van der Waals surface area contributed by atoms with Crippen LogP contribution in [0.25, 0.3) is 0 Å². The molecule has 1 unspecified atom stereocenters. The predicted molar refractivity (Wildman–Crippen MR) is 52.3 cm³/mol. The Morgan fingerprint density at radius 3 is 3.00 bits per heavy atom. The van der Waals surface area contributed by atoms with Crippen LogP contribution in [0, 0.1) is 6.92 Å². The van der Waals surface area contributed by atoms with Crippen molar-refractivity contribution in [3.63, 3.8) is 0 Å². The molecule has 0 radical (unpaired) electrons. The number of pyridine rings is 1. The quantitative estimate of drug-likeness (QED) is 0.680. The van der Waals surface area contributed by atoms with Crippen LogP contribution in [0.1, 0.15) is 12.6 Å². The number of cyclic esters (lactones) is 1. The number of hydrogen-bond acceptors (Lipinski definition) is 3. The van der Waals surface area contributed by atoms with Crippen LogP contribution in [0.15, 0.2) is 18.3 Å². The molecule has 0 aliphatic carbocycles. The first-order chi connectivity index (χ1) is 6.70. The third-order valence-corrected chi connectivity index (χ3v) is 2.32. The number of nitrogens with zero attached hydrogens (tertiary/aromatic N) is 2. The molecule has 4 heteroatoms. The van der Waals surface area contributed by atoms with Crippen molar-refractivity contribution in [1.82, 2.24) is 4.98 Å². The third kappa shape index (κ3) is 1.32. The highest BCUT2D eigenvalue weighted by atomic mass is 16.6. The highest BCUT2D eigenvalue weighted by Crippen LogP contribution is 2.24. The van der Waals surface area contributed by atoms with Crippen molar-refractivity contribution in [2.24, 2.45) is 0 Å². The first-order valence-corrected chi connectivity index (χ1v) is 4.58. The molecule has 1 fully saturated rings. The van der Waals surface area contributed by atoms with Crippen LogP contribution in [0.5, 0.6) is 0 Å². The van der Waals surface area contributed by atoms with Crippen LogP contribution in [0.2, 0.25) is 0 Å². The Kier molecular flexibility index (Phi) is 2.11. The molecule has 0 spiro atoms. The van der Waals surface area contributed by atoms with Gasteiger partial charge in [0, 0.05) is 6.20 Å². The summed E-state index contributed by atoms with van der Waals surface area (Å²) >= 11 is 0. The van der Waals surface area contributed by atoms with E-state index in [1.807, 2.05) is 26.0 Å². The molecule has 1 aromatic rings. The summed E-state index contributed by atoms with van der Waals surface area (Å²) in [4.78, 5) is 17.2. The Morgan fingerprint density at radius 2 is 2.43 bits per heavy atom. The third-order valence-electron chi connectivity index (χ3n) is 2.32. The van der Waals surface area contributed by atoms with E-state index < -0.39 is 0 Å². The van der Waals surface area contributed by atoms with Gasteiger partial charge in [-0.1, -0.05) is 0 Å².